The summed E-state index contributed by atoms with van der Waals surface area (Å²) in [5, 5.41) is 2.14. The molecule has 0 radical (unpaired) electrons. The van der Waals surface area contributed by atoms with Crippen LogP contribution in [-0.4, -0.2) is 46.2 Å². The van der Waals surface area contributed by atoms with Crippen molar-refractivity contribution in [2.24, 2.45) is 0 Å². The second-order valence-electron chi connectivity index (χ2n) is 7.49. The highest BCUT2D eigenvalue weighted by Gasteiger charge is 2.47. The van der Waals surface area contributed by atoms with Crippen LogP contribution in [0.15, 0.2) is 47.1 Å². The van der Waals surface area contributed by atoms with Crippen molar-refractivity contribution in [1.29, 1.82) is 0 Å². The Morgan fingerprint density at radius 1 is 1.21 bits per heavy atom. The third-order valence-corrected chi connectivity index (χ3v) is 6.98. The number of nitrogens with zero attached hydrogens (tertiary/aromatic N) is 2. The van der Waals surface area contributed by atoms with Crippen molar-refractivity contribution in [2.75, 3.05) is 13.6 Å². The van der Waals surface area contributed by atoms with Gasteiger partial charge in [0, 0.05) is 40.3 Å². The van der Waals surface area contributed by atoms with Gasteiger partial charge < -0.3 is 19.2 Å². The molecule has 0 unspecified atom stereocenters. The van der Waals surface area contributed by atoms with Crippen LogP contribution in [0.4, 0.5) is 0 Å². The number of carbonyl (C=O) groups excluding carboxylic acids is 2. The zero-order valence-electron chi connectivity index (χ0n) is 15.1. The largest absolute Gasteiger partial charge is 0.454 e. The third kappa shape index (κ3) is 2.02. The van der Waals surface area contributed by atoms with Gasteiger partial charge in [0.25, 0.3) is 0 Å². The first-order chi connectivity index (χ1) is 13.6. The van der Waals surface area contributed by atoms with Gasteiger partial charge in [0.15, 0.2) is 4.90 Å². The van der Waals surface area contributed by atoms with Crippen LogP contribution in [0.2, 0.25) is 0 Å². The van der Waals surface area contributed by atoms with E-state index in [1.807, 2.05) is 24.3 Å². The lowest BCUT2D eigenvalue weighted by molar-refractivity contribution is -0.157. The number of likely N-dealkylation sites (N-methyl/N-ethyl adjacent to an activating group) is 1. The van der Waals surface area contributed by atoms with Crippen LogP contribution in [0.1, 0.15) is 22.2 Å². The molecule has 6 nitrogen and oxygen atoms in total. The maximum Gasteiger partial charge on any atom is 0.245 e. The maximum absolute atomic E-state index is 13.0. The molecule has 2 atom stereocenters. The number of piperazine rings is 1. The predicted molar refractivity (Wildman–Crippen MR) is 106 cm³/mol. The van der Waals surface area contributed by atoms with Gasteiger partial charge in [-0.25, -0.2) is 0 Å². The van der Waals surface area contributed by atoms with Crippen LogP contribution < -0.4 is 0 Å². The minimum Gasteiger partial charge on any atom is -0.454 e. The van der Waals surface area contributed by atoms with E-state index >= 15 is 0 Å². The fraction of sp³-hybridized carbons (Fsp3) is 0.238. The van der Waals surface area contributed by atoms with E-state index in [2.05, 4.69) is 17.1 Å². The standard InChI is InChI=1S/C21H17N3O3S/c1-23-10-17(25)24-15(20(23)26)9-13-12-4-2-3-5-14(12)22-18(13)19(24)16-8-11-6-7-27-21(11)28-16/h2-8,15,19,22H,9-10H2,1H3/t15-,19-/m1/s1. The van der Waals surface area contributed by atoms with Crippen LogP contribution in [0, 0.1) is 0 Å². The molecule has 2 amide bonds. The smallest absolute Gasteiger partial charge is 0.245 e. The van der Waals surface area contributed by atoms with E-state index in [9.17, 15) is 9.59 Å². The van der Waals surface area contributed by atoms with Crippen LogP contribution in [0.5, 0.6) is 0 Å². The number of benzene rings is 1. The molecule has 4 aromatic rings. The van der Waals surface area contributed by atoms with Crippen LogP contribution in [0.3, 0.4) is 0 Å². The van der Waals surface area contributed by atoms with Gasteiger partial charge in [-0.15, -0.1) is 11.3 Å². The number of amides is 2. The molecule has 0 spiro atoms. The van der Waals surface area contributed by atoms with Crippen molar-refractivity contribution < 1.29 is 14.0 Å². The summed E-state index contributed by atoms with van der Waals surface area (Å²) in [6.45, 7) is 0.114. The Kier molecular flexibility index (Phi) is 3.12. The Balaban J connectivity index is 1.62. The summed E-state index contributed by atoms with van der Waals surface area (Å²) in [7, 11) is 1.70. The van der Waals surface area contributed by atoms with Gasteiger partial charge in [0.05, 0.1) is 12.8 Å². The summed E-state index contributed by atoms with van der Waals surface area (Å²) in [5.74, 6) is -0.0211. The number of nitrogens with one attached hydrogen (secondary N) is 1. The summed E-state index contributed by atoms with van der Waals surface area (Å²) >= 11 is 1.54. The molecule has 5 heterocycles. The van der Waals surface area contributed by atoms with Crippen LogP contribution in [0.25, 0.3) is 21.2 Å². The Labute approximate surface area is 164 Å². The number of para-hydroxylation sites is 1. The quantitative estimate of drug-likeness (QED) is 0.541. The number of fused-ring (bicyclic) bond motifs is 5. The predicted octanol–water partition coefficient (Wildman–Crippen LogP) is 3.29. The zero-order valence-corrected chi connectivity index (χ0v) is 16.0. The van der Waals surface area contributed by atoms with Crippen LogP contribution >= 0.6 is 11.3 Å². The molecule has 1 fully saturated rings. The summed E-state index contributed by atoms with van der Waals surface area (Å²) in [6.07, 6.45) is 2.21. The average Bonchev–Trinajstić information content (AvgIpc) is 3.37. The number of furan rings is 1. The lowest BCUT2D eigenvalue weighted by Crippen LogP contribution is -2.62. The van der Waals surface area contributed by atoms with Crippen molar-refractivity contribution in [3.05, 3.63) is 58.8 Å². The van der Waals surface area contributed by atoms with Gasteiger partial charge in [0.2, 0.25) is 11.8 Å². The van der Waals surface area contributed by atoms with Gasteiger partial charge in [0.1, 0.15) is 12.1 Å². The van der Waals surface area contributed by atoms with E-state index in [1.165, 1.54) is 11.3 Å². The van der Waals surface area contributed by atoms with E-state index in [-0.39, 0.29) is 24.4 Å². The molecular formula is C21H17N3O3S. The first-order valence-corrected chi connectivity index (χ1v) is 10.1. The van der Waals surface area contributed by atoms with Gasteiger partial charge in [-0.05, 0) is 23.8 Å². The van der Waals surface area contributed by atoms with Crippen molar-refractivity contribution in [3.8, 4) is 0 Å². The van der Waals surface area contributed by atoms with Gasteiger partial charge in [-0.1, -0.05) is 18.2 Å². The molecule has 7 heteroatoms. The second kappa shape index (κ2) is 5.48. The Morgan fingerprint density at radius 3 is 2.93 bits per heavy atom. The minimum atomic E-state index is -0.476. The Hall–Kier alpha value is -3.06. The van der Waals surface area contributed by atoms with Gasteiger partial charge in [-0.2, -0.15) is 0 Å². The molecule has 3 aromatic heterocycles. The minimum absolute atomic E-state index is 0.000717. The summed E-state index contributed by atoms with van der Waals surface area (Å²) in [5.41, 5.74) is 3.17. The van der Waals surface area contributed by atoms with E-state index in [4.69, 9.17) is 4.42 Å². The summed E-state index contributed by atoms with van der Waals surface area (Å²) < 4.78 is 5.57. The van der Waals surface area contributed by atoms with Gasteiger partial charge in [-0.3, -0.25) is 9.59 Å². The van der Waals surface area contributed by atoms with Gasteiger partial charge >= 0.3 is 0 Å². The van der Waals surface area contributed by atoms with E-state index in [1.54, 1.807) is 23.1 Å². The normalized spacial score (nSPS) is 22.2. The Bertz CT molecular complexity index is 1240. The number of rotatable bonds is 1. The molecule has 0 saturated carbocycles. The summed E-state index contributed by atoms with van der Waals surface area (Å²) in [4.78, 5) is 34.7. The second-order valence-corrected chi connectivity index (χ2v) is 8.54. The van der Waals surface area contributed by atoms with Crippen molar-refractivity contribution in [2.45, 2.75) is 18.5 Å². The van der Waals surface area contributed by atoms with Crippen molar-refractivity contribution in [1.82, 2.24) is 14.8 Å². The molecule has 0 aliphatic carbocycles. The first kappa shape index (κ1) is 15.9. The average molecular weight is 391 g/mol. The highest BCUT2D eigenvalue weighted by atomic mass is 32.1. The molecule has 6 rings (SSSR count). The number of hydrogen-bond acceptors (Lipinski definition) is 4. The number of hydrogen-bond donors (Lipinski definition) is 1. The highest BCUT2D eigenvalue weighted by molar-refractivity contribution is 7.18. The first-order valence-electron chi connectivity index (χ1n) is 9.24. The molecule has 1 aromatic carbocycles. The van der Waals surface area contributed by atoms with Crippen molar-refractivity contribution in [3.63, 3.8) is 0 Å². The number of aromatic nitrogens is 1. The number of carbonyl (C=O) groups is 2. The fourth-order valence-corrected chi connectivity index (χ4v) is 5.72. The number of H-pyrrole nitrogens is 1. The lowest BCUT2D eigenvalue weighted by Gasteiger charge is -2.45. The fourth-order valence-electron chi connectivity index (χ4n) is 4.62. The molecule has 2 aliphatic heterocycles. The van der Waals surface area contributed by atoms with E-state index in [0.717, 1.165) is 37.3 Å². The van der Waals surface area contributed by atoms with E-state index < -0.39 is 6.04 Å². The topological polar surface area (TPSA) is 69.6 Å². The monoisotopic (exact) mass is 391 g/mol. The maximum atomic E-state index is 13.0. The third-order valence-electron chi connectivity index (χ3n) is 5.89. The Morgan fingerprint density at radius 2 is 2.07 bits per heavy atom. The lowest BCUT2D eigenvalue weighted by atomic mass is 9.88. The molecule has 28 heavy (non-hydrogen) atoms. The number of thiophene rings is 1. The van der Waals surface area contributed by atoms with E-state index in [0.29, 0.717) is 6.42 Å². The highest BCUT2D eigenvalue weighted by Crippen LogP contribution is 2.45. The molecule has 140 valence electrons. The number of aromatic amines is 1. The SMILES string of the molecule is CN1CC(=O)N2[C@H](c3cc4ccoc4s3)c3[nH]c4ccccc4c3C[C@@H]2C1=O. The zero-order chi connectivity index (χ0) is 19.0. The molecule has 1 N–H and O–H groups in total. The molecule has 0 bridgehead atoms. The summed E-state index contributed by atoms with van der Waals surface area (Å²) in [6, 6.07) is 11.3. The molecular weight excluding hydrogens is 374 g/mol. The molecule has 1 saturated heterocycles. The van der Waals surface area contributed by atoms with Crippen LogP contribution in [-0.2, 0) is 16.0 Å². The molecule has 2 aliphatic rings. The van der Waals surface area contributed by atoms with Crippen molar-refractivity contribution >= 4 is 44.3 Å².